The van der Waals surface area contributed by atoms with Crippen LogP contribution < -0.4 is 5.32 Å². The van der Waals surface area contributed by atoms with Gasteiger partial charge in [0.05, 0.1) is 23.2 Å². The average Bonchev–Trinajstić information content (AvgIpc) is 3.03. The van der Waals surface area contributed by atoms with Gasteiger partial charge in [-0.3, -0.25) is 4.79 Å². The van der Waals surface area contributed by atoms with E-state index < -0.39 is 0 Å². The van der Waals surface area contributed by atoms with Crippen molar-refractivity contribution in [2.75, 3.05) is 6.61 Å². The molecule has 4 nitrogen and oxygen atoms in total. The van der Waals surface area contributed by atoms with Crippen molar-refractivity contribution in [3.63, 3.8) is 0 Å². The van der Waals surface area contributed by atoms with Crippen molar-refractivity contribution in [2.24, 2.45) is 5.92 Å². The molecule has 1 atom stereocenters. The number of H-pyrrole nitrogens is 1. The van der Waals surface area contributed by atoms with Gasteiger partial charge in [-0.05, 0) is 37.0 Å². The van der Waals surface area contributed by atoms with Gasteiger partial charge in [0, 0.05) is 17.1 Å². The highest BCUT2D eigenvalue weighted by atomic mass is 35.5. The third-order valence-corrected chi connectivity index (χ3v) is 5.05. The van der Waals surface area contributed by atoms with Gasteiger partial charge in [-0.25, -0.2) is 0 Å². The lowest BCUT2D eigenvalue weighted by molar-refractivity contribution is 0.0871. The Bertz CT molecular complexity index is 662. The number of hydrogen-bond donors (Lipinski definition) is 3. The summed E-state index contributed by atoms with van der Waals surface area (Å²) in [4.78, 5) is 15.6. The number of rotatable bonds is 4. The summed E-state index contributed by atoms with van der Waals surface area (Å²) < 4.78 is 0. The Morgan fingerprint density at radius 2 is 2.09 bits per heavy atom. The summed E-state index contributed by atoms with van der Waals surface area (Å²) in [6, 6.07) is 5.25. The third kappa shape index (κ3) is 2.99. The molecule has 1 heterocycles. The fourth-order valence-electron chi connectivity index (χ4n) is 3.37. The normalized spacial score (nSPS) is 17.5. The largest absolute Gasteiger partial charge is 0.394 e. The van der Waals surface area contributed by atoms with Gasteiger partial charge < -0.3 is 15.4 Å². The highest BCUT2D eigenvalue weighted by Crippen LogP contribution is 2.29. The Morgan fingerprint density at radius 1 is 1.32 bits per heavy atom. The summed E-state index contributed by atoms with van der Waals surface area (Å²) in [5, 5.41) is 13.9. The molecule has 1 amide bonds. The molecule has 3 N–H and O–H groups in total. The van der Waals surface area contributed by atoms with Crippen molar-refractivity contribution in [3.8, 4) is 0 Å². The highest BCUT2D eigenvalue weighted by molar-refractivity contribution is 6.38. The lowest BCUT2D eigenvalue weighted by Crippen LogP contribution is -2.43. The Balaban J connectivity index is 1.77. The lowest BCUT2D eigenvalue weighted by atomic mass is 9.84. The van der Waals surface area contributed by atoms with Crippen LogP contribution in [0.15, 0.2) is 24.4 Å². The van der Waals surface area contributed by atoms with Gasteiger partial charge in [0.1, 0.15) is 0 Å². The number of nitrogens with one attached hydrogen (secondary N) is 2. The molecular formula is C17H21ClN2O2. The molecule has 1 saturated carbocycles. The first-order valence-corrected chi connectivity index (χ1v) is 8.26. The minimum Gasteiger partial charge on any atom is -0.394 e. The number of benzene rings is 1. The highest BCUT2D eigenvalue weighted by Gasteiger charge is 2.25. The molecule has 2 aromatic rings. The van der Waals surface area contributed by atoms with Crippen LogP contribution in [0.2, 0.25) is 5.02 Å². The van der Waals surface area contributed by atoms with Gasteiger partial charge in [-0.1, -0.05) is 30.9 Å². The minimum absolute atomic E-state index is 0.0274. The van der Waals surface area contributed by atoms with Crippen LogP contribution in [0.5, 0.6) is 0 Å². The molecule has 3 rings (SSSR count). The van der Waals surface area contributed by atoms with Crippen LogP contribution in [-0.2, 0) is 0 Å². The Labute approximate surface area is 134 Å². The van der Waals surface area contributed by atoms with Gasteiger partial charge in [0.2, 0.25) is 0 Å². The van der Waals surface area contributed by atoms with Crippen LogP contribution in [0.4, 0.5) is 0 Å². The van der Waals surface area contributed by atoms with Crippen LogP contribution in [-0.4, -0.2) is 28.6 Å². The molecule has 22 heavy (non-hydrogen) atoms. The molecule has 1 aromatic carbocycles. The Kier molecular flexibility index (Phi) is 4.69. The monoisotopic (exact) mass is 320 g/mol. The van der Waals surface area contributed by atoms with Gasteiger partial charge in [-0.2, -0.15) is 0 Å². The van der Waals surface area contributed by atoms with E-state index in [4.69, 9.17) is 11.6 Å². The fourth-order valence-corrected chi connectivity index (χ4v) is 3.68. The minimum atomic E-state index is -0.210. The van der Waals surface area contributed by atoms with E-state index in [1.807, 2.05) is 12.1 Å². The van der Waals surface area contributed by atoms with Crippen LogP contribution >= 0.6 is 11.6 Å². The van der Waals surface area contributed by atoms with Crippen molar-refractivity contribution in [1.29, 1.82) is 0 Å². The van der Waals surface area contributed by atoms with E-state index in [2.05, 4.69) is 10.3 Å². The van der Waals surface area contributed by atoms with E-state index in [-0.39, 0.29) is 18.6 Å². The molecule has 1 fully saturated rings. The van der Waals surface area contributed by atoms with Crippen molar-refractivity contribution in [1.82, 2.24) is 10.3 Å². The number of carbonyl (C=O) groups excluding carboxylic acids is 1. The zero-order valence-corrected chi connectivity index (χ0v) is 13.2. The second-order valence-electron chi connectivity index (χ2n) is 6.03. The number of halogens is 1. The van der Waals surface area contributed by atoms with Gasteiger partial charge in [0.25, 0.3) is 5.91 Å². The molecule has 0 aliphatic heterocycles. The van der Waals surface area contributed by atoms with Crippen molar-refractivity contribution < 1.29 is 9.90 Å². The second-order valence-corrected chi connectivity index (χ2v) is 6.40. The summed E-state index contributed by atoms with van der Waals surface area (Å²) in [5.41, 5.74) is 1.37. The average molecular weight is 321 g/mol. The standard InChI is InChI=1S/C17H21ClN2O2/c18-16-12-8-9-19-14(12)7-6-13(16)17(22)20-15(10-21)11-4-2-1-3-5-11/h6-9,11,15,19,21H,1-5,10H2,(H,20,22)/t15-/m1/s1. The Morgan fingerprint density at radius 3 is 2.82 bits per heavy atom. The topological polar surface area (TPSA) is 65.1 Å². The van der Waals surface area contributed by atoms with E-state index in [9.17, 15) is 9.90 Å². The van der Waals surface area contributed by atoms with E-state index >= 15 is 0 Å². The van der Waals surface area contributed by atoms with Gasteiger partial charge >= 0.3 is 0 Å². The first kappa shape index (κ1) is 15.4. The maximum absolute atomic E-state index is 12.5. The summed E-state index contributed by atoms with van der Waals surface area (Å²) in [6.07, 6.45) is 7.53. The molecule has 1 aliphatic rings. The zero-order chi connectivity index (χ0) is 15.5. The van der Waals surface area contributed by atoms with Crippen LogP contribution in [0.25, 0.3) is 10.9 Å². The number of carbonyl (C=O) groups is 1. The van der Waals surface area contributed by atoms with Crippen LogP contribution in [0, 0.1) is 5.92 Å². The van der Waals surface area contributed by atoms with Crippen molar-refractivity contribution >= 4 is 28.4 Å². The van der Waals surface area contributed by atoms with Crippen molar-refractivity contribution in [2.45, 2.75) is 38.1 Å². The third-order valence-electron chi connectivity index (χ3n) is 4.65. The summed E-state index contributed by atoms with van der Waals surface area (Å²) in [6.45, 7) is -0.0274. The molecule has 118 valence electrons. The number of aromatic nitrogens is 1. The molecule has 0 spiro atoms. The smallest absolute Gasteiger partial charge is 0.253 e. The fraction of sp³-hybridized carbons (Fsp3) is 0.471. The van der Waals surface area contributed by atoms with Crippen molar-refractivity contribution in [3.05, 3.63) is 35.0 Å². The molecule has 0 unspecified atom stereocenters. The first-order chi connectivity index (χ1) is 10.7. The number of aromatic amines is 1. The summed E-state index contributed by atoms with van der Waals surface area (Å²) in [7, 11) is 0. The van der Waals surface area contributed by atoms with E-state index in [0.29, 0.717) is 16.5 Å². The summed E-state index contributed by atoms with van der Waals surface area (Å²) >= 11 is 6.35. The second kappa shape index (κ2) is 6.71. The lowest BCUT2D eigenvalue weighted by Gasteiger charge is -2.29. The van der Waals surface area contributed by atoms with E-state index in [0.717, 1.165) is 23.7 Å². The van der Waals surface area contributed by atoms with Gasteiger partial charge in [0.15, 0.2) is 0 Å². The quantitative estimate of drug-likeness (QED) is 0.807. The predicted molar refractivity (Wildman–Crippen MR) is 88.2 cm³/mol. The number of hydrogen-bond acceptors (Lipinski definition) is 2. The number of aliphatic hydroxyl groups is 1. The van der Waals surface area contributed by atoms with Crippen LogP contribution in [0.3, 0.4) is 0 Å². The molecule has 0 radical (unpaired) electrons. The first-order valence-electron chi connectivity index (χ1n) is 7.88. The molecule has 1 aromatic heterocycles. The van der Waals surface area contributed by atoms with E-state index in [1.165, 1.54) is 19.3 Å². The summed E-state index contributed by atoms with van der Waals surface area (Å²) in [5.74, 6) is 0.148. The maximum atomic E-state index is 12.5. The number of aliphatic hydroxyl groups excluding tert-OH is 1. The Hall–Kier alpha value is -1.52. The molecule has 1 aliphatic carbocycles. The van der Waals surface area contributed by atoms with Gasteiger partial charge in [-0.15, -0.1) is 0 Å². The predicted octanol–water partition coefficient (Wildman–Crippen LogP) is 3.49. The molecule has 0 bridgehead atoms. The van der Waals surface area contributed by atoms with E-state index in [1.54, 1.807) is 12.3 Å². The maximum Gasteiger partial charge on any atom is 0.253 e. The number of amides is 1. The molecule has 0 saturated heterocycles. The SMILES string of the molecule is O=C(N[C@H](CO)C1CCCCC1)c1ccc2[nH]ccc2c1Cl. The molecular weight excluding hydrogens is 300 g/mol. The van der Waals surface area contributed by atoms with Crippen LogP contribution in [0.1, 0.15) is 42.5 Å². The molecule has 5 heteroatoms. The zero-order valence-electron chi connectivity index (χ0n) is 12.4. The number of fused-ring (bicyclic) bond motifs is 1.